The van der Waals surface area contributed by atoms with Crippen LogP contribution in [0.2, 0.25) is 0 Å². The molecule has 0 radical (unpaired) electrons. The highest BCUT2D eigenvalue weighted by Gasteiger charge is 2.23. The van der Waals surface area contributed by atoms with Gasteiger partial charge in [0.2, 0.25) is 0 Å². The quantitative estimate of drug-likeness (QED) is 0.789. The summed E-state index contributed by atoms with van der Waals surface area (Å²) in [7, 11) is 0. The summed E-state index contributed by atoms with van der Waals surface area (Å²) in [6.45, 7) is 1.75. The molecular formula is C18H21NO3. The van der Waals surface area contributed by atoms with E-state index in [9.17, 15) is 4.79 Å². The van der Waals surface area contributed by atoms with E-state index in [0.717, 1.165) is 37.0 Å². The van der Waals surface area contributed by atoms with Crippen molar-refractivity contribution in [2.24, 2.45) is 0 Å². The Morgan fingerprint density at radius 2 is 2.05 bits per heavy atom. The molecule has 1 aliphatic heterocycles. The Hall–Kier alpha value is -2.23. The van der Waals surface area contributed by atoms with Gasteiger partial charge in [-0.1, -0.05) is 30.3 Å². The zero-order chi connectivity index (χ0) is 15.2. The van der Waals surface area contributed by atoms with Gasteiger partial charge in [-0.25, -0.2) is 4.79 Å². The first-order valence-electron chi connectivity index (χ1n) is 7.84. The third kappa shape index (κ3) is 3.70. The summed E-state index contributed by atoms with van der Waals surface area (Å²) in [6.07, 6.45) is 5.19. The molecule has 0 aliphatic carbocycles. The Morgan fingerprint density at radius 3 is 2.91 bits per heavy atom. The lowest BCUT2D eigenvalue weighted by Crippen LogP contribution is -2.36. The van der Waals surface area contributed by atoms with E-state index in [2.05, 4.69) is 24.3 Å². The highest BCUT2D eigenvalue weighted by Crippen LogP contribution is 2.20. The molecule has 0 saturated heterocycles. The van der Waals surface area contributed by atoms with Gasteiger partial charge in [0.25, 0.3) is 0 Å². The van der Waals surface area contributed by atoms with Crippen LogP contribution in [0.4, 0.5) is 4.79 Å². The summed E-state index contributed by atoms with van der Waals surface area (Å²) in [5.41, 5.74) is 2.42. The molecule has 0 unspecified atom stereocenters. The summed E-state index contributed by atoms with van der Waals surface area (Å²) >= 11 is 0. The van der Waals surface area contributed by atoms with Crippen molar-refractivity contribution in [3.63, 3.8) is 0 Å². The van der Waals surface area contributed by atoms with E-state index >= 15 is 0 Å². The second-order valence-corrected chi connectivity index (χ2v) is 5.60. The average molecular weight is 299 g/mol. The number of hydrogen-bond acceptors (Lipinski definition) is 3. The van der Waals surface area contributed by atoms with E-state index in [1.165, 1.54) is 5.56 Å². The number of aryl methyl sites for hydroxylation is 1. The molecular weight excluding hydrogens is 278 g/mol. The molecule has 1 aromatic carbocycles. The number of amides is 1. The number of nitrogens with zero attached hydrogens (tertiary/aromatic N) is 1. The van der Waals surface area contributed by atoms with Crippen LogP contribution in [0.3, 0.4) is 0 Å². The van der Waals surface area contributed by atoms with Crippen molar-refractivity contribution < 1.29 is 13.9 Å². The molecule has 0 N–H and O–H groups in total. The van der Waals surface area contributed by atoms with E-state index in [4.69, 9.17) is 9.15 Å². The third-order valence-electron chi connectivity index (χ3n) is 3.99. The smallest absolute Gasteiger partial charge is 0.410 e. The molecule has 22 heavy (non-hydrogen) atoms. The standard InChI is InChI=1S/C18H21NO3/c20-18(19-11-9-17-16(14-19)10-13-21-17)22-12-5-4-8-15-6-2-1-3-7-15/h1-3,6-7,10,13H,4-5,8-9,11-12,14H2. The summed E-state index contributed by atoms with van der Waals surface area (Å²) in [6, 6.07) is 12.3. The first-order valence-corrected chi connectivity index (χ1v) is 7.84. The fourth-order valence-corrected chi connectivity index (χ4v) is 2.73. The maximum Gasteiger partial charge on any atom is 0.410 e. The van der Waals surface area contributed by atoms with E-state index in [1.54, 1.807) is 11.2 Å². The molecule has 4 heteroatoms. The molecule has 1 aliphatic rings. The van der Waals surface area contributed by atoms with E-state index < -0.39 is 0 Å². The van der Waals surface area contributed by atoms with Crippen LogP contribution in [0, 0.1) is 0 Å². The van der Waals surface area contributed by atoms with Crippen LogP contribution < -0.4 is 0 Å². The van der Waals surface area contributed by atoms with Crippen molar-refractivity contribution in [1.29, 1.82) is 0 Å². The van der Waals surface area contributed by atoms with Gasteiger partial charge in [0.1, 0.15) is 5.76 Å². The summed E-state index contributed by atoms with van der Waals surface area (Å²) in [5, 5.41) is 0. The first-order chi connectivity index (χ1) is 10.8. The van der Waals surface area contributed by atoms with E-state index in [0.29, 0.717) is 19.7 Å². The Kier molecular flexibility index (Phi) is 4.78. The van der Waals surface area contributed by atoms with Crippen molar-refractivity contribution in [2.75, 3.05) is 13.2 Å². The van der Waals surface area contributed by atoms with Gasteiger partial charge >= 0.3 is 6.09 Å². The summed E-state index contributed by atoms with van der Waals surface area (Å²) < 4.78 is 10.7. The van der Waals surface area contributed by atoms with Crippen LogP contribution in [-0.2, 0) is 24.1 Å². The molecule has 1 aromatic heterocycles. The average Bonchev–Trinajstić information content (AvgIpc) is 3.03. The number of carbonyl (C=O) groups is 1. The van der Waals surface area contributed by atoms with Crippen LogP contribution in [0.25, 0.3) is 0 Å². The highest BCUT2D eigenvalue weighted by molar-refractivity contribution is 5.68. The summed E-state index contributed by atoms with van der Waals surface area (Å²) in [5.74, 6) is 0.993. The minimum atomic E-state index is -0.216. The van der Waals surface area contributed by atoms with Gasteiger partial charge in [-0.05, 0) is 30.9 Å². The van der Waals surface area contributed by atoms with Crippen LogP contribution in [0.1, 0.15) is 29.7 Å². The molecule has 0 bridgehead atoms. The normalized spacial score (nSPS) is 13.7. The second kappa shape index (κ2) is 7.16. The Labute approximate surface area is 130 Å². The van der Waals surface area contributed by atoms with Crippen LogP contribution in [-0.4, -0.2) is 24.1 Å². The Balaban J connectivity index is 1.35. The van der Waals surface area contributed by atoms with Gasteiger partial charge in [0.15, 0.2) is 0 Å². The molecule has 0 atom stereocenters. The lowest BCUT2D eigenvalue weighted by molar-refractivity contribution is 0.0952. The molecule has 0 spiro atoms. The molecule has 0 saturated carbocycles. The maximum absolute atomic E-state index is 12.0. The SMILES string of the molecule is O=C(OCCCCc1ccccc1)N1CCc2occc2C1. The molecule has 1 amide bonds. The van der Waals surface area contributed by atoms with Gasteiger partial charge in [0, 0.05) is 18.5 Å². The zero-order valence-electron chi connectivity index (χ0n) is 12.7. The van der Waals surface area contributed by atoms with Crippen molar-refractivity contribution in [2.45, 2.75) is 32.2 Å². The Morgan fingerprint density at radius 1 is 1.18 bits per heavy atom. The number of carbonyl (C=O) groups excluding carboxylic acids is 1. The molecule has 0 fully saturated rings. The number of benzene rings is 1. The van der Waals surface area contributed by atoms with Gasteiger partial charge in [-0.3, -0.25) is 0 Å². The number of rotatable bonds is 5. The van der Waals surface area contributed by atoms with Gasteiger partial charge in [0.05, 0.1) is 19.4 Å². The Bertz CT molecular complexity index is 606. The fraction of sp³-hybridized carbons (Fsp3) is 0.389. The number of hydrogen-bond donors (Lipinski definition) is 0. The molecule has 3 rings (SSSR count). The van der Waals surface area contributed by atoms with Gasteiger partial charge in [-0.2, -0.15) is 0 Å². The fourth-order valence-electron chi connectivity index (χ4n) is 2.73. The largest absolute Gasteiger partial charge is 0.469 e. The van der Waals surface area contributed by atoms with Crippen molar-refractivity contribution in [1.82, 2.24) is 4.90 Å². The molecule has 116 valence electrons. The predicted octanol–water partition coefficient (Wildman–Crippen LogP) is 3.80. The topological polar surface area (TPSA) is 42.7 Å². The lowest BCUT2D eigenvalue weighted by atomic mass is 10.1. The molecule has 2 heterocycles. The van der Waals surface area contributed by atoms with E-state index in [-0.39, 0.29) is 6.09 Å². The monoisotopic (exact) mass is 299 g/mol. The van der Waals surface area contributed by atoms with Crippen molar-refractivity contribution >= 4 is 6.09 Å². The van der Waals surface area contributed by atoms with Crippen LogP contribution in [0.15, 0.2) is 47.1 Å². The second-order valence-electron chi connectivity index (χ2n) is 5.60. The van der Waals surface area contributed by atoms with Gasteiger partial charge < -0.3 is 14.1 Å². The van der Waals surface area contributed by atoms with Crippen molar-refractivity contribution in [3.8, 4) is 0 Å². The van der Waals surface area contributed by atoms with Crippen LogP contribution in [0.5, 0.6) is 0 Å². The number of furan rings is 1. The molecule has 2 aromatic rings. The van der Waals surface area contributed by atoms with Gasteiger partial charge in [-0.15, -0.1) is 0 Å². The molecule has 4 nitrogen and oxygen atoms in total. The van der Waals surface area contributed by atoms with Crippen LogP contribution >= 0.6 is 0 Å². The lowest BCUT2D eigenvalue weighted by Gasteiger charge is -2.25. The van der Waals surface area contributed by atoms with Crippen molar-refractivity contribution in [3.05, 3.63) is 59.5 Å². The summed E-state index contributed by atoms with van der Waals surface area (Å²) in [4.78, 5) is 13.8. The number of fused-ring (bicyclic) bond motifs is 1. The number of unbranched alkanes of at least 4 members (excludes halogenated alkanes) is 1. The predicted molar refractivity (Wildman–Crippen MR) is 83.6 cm³/mol. The first kappa shape index (κ1) is 14.7. The number of ether oxygens (including phenoxy) is 1. The van der Waals surface area contributed by atoms with E-state index in [1.807, 2.05) is 12.1 Å². The highest BCUT2D eigenvalue weighted by atomic mass is 16.6. The minimum Gasteiger partial charge on any atom is -0.469 e. The maximum atomic E-state index is 12.0. The minimum absolute atomic E-state index is 0.216. The third-order valence-corrected chi connectivity index (χ3v) is 3.99. The zero-order valence-corrected chi connectivity index (χ0v) is 12.7.